The van der Waals surface area contributed by atoms with E-state index in [2.05, 4.69) is 25.5 Å². The summed E-state index contributed by atoms with van der Waals surface area (Å²) in [6.07, 6.45) is -1.21. The van der Waals surface area contributed by atoms with Crippen LogP contribution in [0.1, 0.15) is 5.69 Å². The number of fused-ring (bicyclic) bond motifs is 1. The maximum Gasteiger partial charge on any atom is 0.310 e. The molecule has 1 heterocycles. The van der Waals surface area contributed by atoms with E-state index in [9.17, 15) is 48.4 Å². The van der Waals surface area contributed by atoms with Crippen molar-refractivity contribution in [3.05, 3.63) is 59.3 Å². The Bertz CT molecular complexity index is 2120. The number of aromatic nitrogens is 2. The third kappa shape index (κ3) is 8.34. The Balaban J connectivity index is 0.00000323. The third-order valence-corrected chi connectivity index (χ3v) is 8.51. The van der Waals surface area contributed by atoms with E-state index in [1.54, 1.807) is 0 Å². The molecular weight excluding hydrogens is 695 g/mol. The fourth-order valence-corrected chi connectivity index (χ4v) is 5.74. The van der Waals surface area contributed by atoms with Gasteiger partial charge in [0, 0.05) is 86.3 Å². The third-order valence-electron chi connectivity index (χ3n) is 5.37. The monoisotopic (exact) mass is 709 g/mol. The molecule has 0 aliphatic heterocycles. The molecule has 22 heteroatoms. The molecule has 0 aliphatic carbocycles. The molecule has 0 unspecified atom stereocenters. The van der Waals surface area contributed by atoms with E-state index in [0.29, 0.717) is 6.07 Å². The van der Waals surface area contributed by atoms with E-state index < -0.39 is 79.0 Å². The van der Waals surface area contributed by atoms with Crippen molar-refractivity contribution in [3.63, 3.8) is 0 Å². The van der Waals surface area contributed by atoms with E-state index in [-0.39, 0.29) is 103 Å². The number of phenols is 1. The van der Waals surface area contributed by atoms with Crippen LogP contribution >= 0.6 is 11.6 Å². The largest absolute Gasteiger partial charge is 0.505 e. The Hall–Kier alpha value is -1.21. The van der Waals surface area contributed by atoms with Gasteiger partial charge >= 0.3 is 6.08 Å². The van der Waals surface area contributed by atoms with Crippen LogP contribution < -0.4 is 5.32 Å². The van der Waals surface area contributed by atoms with Crippen molar-refractivity contribution in [2.45, 2.75) is 21.6 Å². The SMILES string of the molecule is Cc1nc(F)nc(Nc2ccc(S(=O)(=O)O)c3cc(S(=O)(=O)O)c(N=Nc4ccccc4S(=O)(=O)O)c(O)c23)c1Cl.[K].[Na]. The molecule has 43 heavy (non-hydrogen) atoms. The van der Waals surface area contributed by atoms with Crippen molar-refractivity contribution >= 4 is 157 Å². The summed E-state index contributed by atoms with van der Waals surface area (Å²) in [6.45, 7) is 1.34. The van der Waals surface area contributed by atoms with Crippen molar-refractivity contribution < 1.29 is 48.4 Å². The van der Waals surface area contributed by atoms with Gasteiger partial charge in [-0.05, 0) is 37.3 Å². The fourth-order valence-electron chi connectivity index (χ4n) is 3.65. The van der Waals surface area contributed by atoms with Gasteiger partial charge in [0.1, 0.15) is 31.1 Å². The first-order valence-corrected chi connectivity index (χ1v) is 15.3. The van der Waals surface area contributed by atoms with Gasteiger partial charge in [0.15, 0.2) is 11.6 Å². The van der Waals surface area contributed by atoms with Crippen molar-refractivity contribution in [2.75, 3.05) is 5.32 Å². The van der Waals surface area contributed by atoms with Crippen molar-refractivity contribution in [1.29, 1.82) is 0 Å². The minimum atomic E-state index is -5.31. The van der Waals surface area contributed by atoms with Crippen LogP contribution in [0.3, 0.4) is 0 Å². The van der Waals surface area contributed by atoms with E-state index in [0.717, 1.165) is 24.3 Å². The first-order chi connectivity index (χ1) is 18.9. The second-order valence-corrected chi connectivity index (χ2v) is 12.6. The molecule has 0 aliphatic rings. The summed E-state index contributed by atoms with van der Waals surface area (Å²) in [4.78, 5) is 4.06. The van der Waals surface area contributed by atoms with Gasteiger partial charge in [0.05, 0.1) is 16.8 Å². The number of azo groups is 1. The molecule has 5 N–H and O–H groups in total. The molecule has 4 rings (SSSR count). The van der Waals surface area contributed by atoms with Gasteiger partial charge in [0.25, 0.3) is 30.4 Å². The zero-order valence-electron chi connectivity index (χ0n) is 22.0. The standard InChI is InChI=1S/C21H15ClFN5O10S3.K.Na/c1-9-17(22)20(26-21(23)24-9)25-12-6-7-13(39(30,31)32)10-8-15(41(36,37)38)18(19(29)16(10)12)28-27-11-4-2-3-5-14(11)40(33,34)35;;/h2-8,29H,1H3,(H,24,25,26)(H,30,31,32)(H,33,34,35)(H,36,37,38);;. The summed E-state index contributed by atoms with van der Waals surface area (Å²) < 4.78 is 115. The second kappa shape index (κ2) is 14.1. The van der Waals surface area contributed by atoms with Gasteiger partial charge in [-0.15, -0.1) is 10.2 Å². The molecule has 3 aromatic carbocycles. The summed E-state index contributed by atoms with van der Waals surface area (Å²) in [5.41, 5.74) is -1.82. The second-order valence-electron chi connectivity index (χ2n) is 8.06. The van der Waals surface area contributed by atoms with Gasteiger partial charge < -0.3 is 10.4 Å². The Morgan fingerprint density at radius 2 is 1.44 bits per heavy atom. The number of phenolic OH excluding ortho intramolecular Hbond substituents is 1. The molecule has 218 valence electrons. The van der Waals surface area contributed by atoms with Crippen LogP contribution in [0.4, 0.5) is 27.3 Å². The fraction of sp³-hybridized carbons (Fsp3) is 0.0476. The smallest absolute Gasteiger partial charge is 0.310 e. The number of halogens is 2. The summed E-state index contributed by atoms with van der Waals surface area (Å²) in [5, 5.41) is 19.5. The van der Waals surface area contributed by atoms with Gasteiger partial charge in [-0.1, -0.05) is 23.7 Å². The number of nitrogens with zero attached hydrogens (tertiary/aromatic N) is 4. The number of rotatable bonds is 7. The van der Waals surface area contributed by atoms with Crippen LogP contribution in [0.25, 0.3) is 10.8 Å². The summed E-state index contributed by atoms with van der Waals surface area (Å²) >= 11 is 6.13. The van der Waals surface area contributed by atoms with E-state index in [1.807, 2.05) is 0 Å². The molecule has 15 nitrogen and oxygen atoms in total. The summed E-state index contributed by atoms with van der Waals surface area (Å²) in [7, 11) is -15.2. The van der Waals surface area contributed by atoms with Crippen LogP contribution in [-0.4, -0.2) is 135 Å². The molecule has 4 aromatic rings. The van der Waals surface area contributed by atoms with Crippen LogP contribution in [0.15, 0.2) is 67.4 Å². The molecule has 0 spiro atoms. The molecule has 0 amide bonds. The maximum atomic E-state index is 13.9. The molecule has 0 saturated carbocycles. The number of benzene rings is 3. The molecular formula is C21H15ClFKN5NaO10S3. The van der Waals surface area contributed by atoms with E-state index in [1.165, 1.54) is 19.1 Å². The average molecular weight is 710 g/mol. The molecule has 0 fully saturated rings. The molecule has 1 aromatic heterocycles. The maximum absolute atomic E-state index is 13.9. The summed E-state index contributed by atoms with van der Waals surface area (Å²) in [5.74, 6) is -1.51. The molecule has 0 saturated heterocycles. The Labute approximate surface area is 313 Å². The molecule has 2 radical (unpaired) electrons. The van der Waals surface area contributed by atoms with Crippen LogP contribution in [0, 0.1) is 13.0 Å². The van der Waals surface area contributed by atoms with Crippen molar-refractivity contribution in [2.24, 2.45) is 10.2 Å². The Morgan fingerprint density at radius 3 is 2.02 bits per heavy atom. The number of nitrogens with one attached hydrogen (secondary N) is 1. The van der Waals surface area contributed by atoms with Crippen molar-refractivity contribution in [1.82, 2.24) is 9.97 Å². The Kier molecular flexibility index (Phi) is 12.4. The van der Waals surface area contributed by atoms with E-state index >= 15 is 0 Å². The topological polar surface area (TPSA) is 246 Å². The number of aromatic hydroxyl groups is 1. The predicted octanol–water partition coefficient (Wildman–Crippen LogP) is 3.57. The minimum Gasteiger partial charge on any atom is -0.505 e. The Morgan fingerprint density at radius 1 is 0.860 bits per heavy atom. The van der Waals surface area contributed by atoms with E-state index in [4.69, 9.17) is 11.6 Å². The zero-order valence-corrected chi connectivity index (χ0v) is 30.4. The minimum absolute atomic E-state index is 0. The first-order valence-electron chi connectivity index (χ1n) is 10.6. The van der Waals surface area contributed by atoms with Crippen LogP contribution in [-0.2, 0) is 30.4 Å². The molecule has 0 atom stereocenters. The van der Waals surface area contributed by atoms with Gasteiger partial charge in [-0.3, -0.25) is 13.7 Å². The van der Waals surface area contributed by atoms with Gasteiger partial charge in [0.2, 0.25) is 0 Å². The predicted molar refractivity (Wildman–Crippen MR) is 152 cm³/mol. The number of anilines is 2. The normalized spacial score (nSPS) is 12.1. The molecule has 0 bridgehead atoms. The number of hydrogen-bond donors (Lipinski definition) is 5. The van der Waals surface area contributed by atoms with Gasteiger partial charge in [-0.25, -0.2) is 4.98 Å². The van der Waals surface area contributed by atoms with Crippen molar-refractivity contribution in [3.8, 4) is 5.75 Å². The van der Waals surface area contributed by atoms with Gasteiger partial charge in [-0.2, -0.15) is 34.6 Å². The quantitative estimate of drug-likeness (QED) is 0.0798. The zero-order chi connectivity index (χ0) is 30.5. The average Bonchev–Trinajstić information content (AvgIpc) is 2.84. The van der Waals surface area contributed by atoms with Crippen LogP contribution in [0.5, 0.6) is 5.75 Å². The number of hydrogen-bond acceptors (Lipinski definition) is 12. The number of aryl methyl sites for hydroxylation is 1. The first kappa shape index (κ1) is 38.0. The van der Waals surface area contributed by atoms with Crippen LogP contribution in [0.2, 0.25) is 5.02 Å². The summed E-state index contributed by atoms with van der Waals surface area (Å²) in [6, 6.07) is 6.86.